The lowest BCUT2D eigenvalue weighted by Crippen LogP contribution is -3.00. The number of benzene rings is 4. The molecule has 220 valence electrons. The highest BCUT2D eigenvalue weighted by atomic mass is 127. The molecule has 8 heteroatoms. The summed E-state index contributed by atoms with van der Waals surface area (Å²) in [6.07, 6.45) is 4.81. The molecular weight excluding hydrogens is 696 g/mol. The van der Waals surface area contributed by atoms with E-state index in [2.05, 4.69) is 53.2 Å². The maximum absolute atomic E-state index is 6.28. The minimum Gasteiger partial charge on any atom is -1.00 e. The van der Waals surface area contributed by atoms with Gasteiger partial charge in [-0.05, 0) is 78.1 Å². The lowest BCUT2D eigenvalue weighted by atomic mass is 9.83. The summed E-state index contributed by atoms with van der Waals surface area (Å²) in [5.74, 6) is 3.23. The lowest BCUT2D eigenvalue weighted by molar-refractivity contribution is -0.686. The van der Waals surface area contributed by atoms with Crippen LogP contribution in [-0.2, 0) is 19.4 Å². The minimum atomic E-state index is 0. The minimum absolute atomic E-state index is 0. The molecule has 1 aromatic heterocycles. The fourth-order valence-electron chi connectivity index (χ4n) is 6.47. The van der Waals surface area contributed by atoms with Crippen LogP contribution < -0.4 is 47.5 Å². The number of nitrogens with zero attached hydrogens (tertiary/aromatic N) is 1. The van der Waals surface area contributed by atoms with Crippen molar-refractivity contribution >= 4 is 34.0 Å². The molecule has 0 amide bonds. The summed E-state index contributed by atoms with van der Waals surface area (Å²) < 4.78 is 25.5. The molecule has 3 heterocycles. The highest BCUT2D eigenvalue weighted by molar-refractivity contribution is 6.30. The van der Waals surface area contributed by atoms with Gasteiger partial charge in [-0.15, -0.1) is 0 Å². The number of rotatable bonds is 7. The number of fused-ring (bicyclic) bond motifs is 5. The number of halogens is 3. The van der Waals surface area contributed by atoms with Crippen LogP contribution >= 0.6 is 23.2 Å². The molecule has 0 aliphatic carbocycles. The summed E-state index contributed by atoms with van der Waals surface area (Å²) >= 11 is 12.6. The van der Waals surface area contributed by atoms with Gasteiger partial charge in [-0.25, -0.2) is 0 Å². The maximum atomic E-state index is 6.28. The van der Waals surface area contributed by atoms with E-state index in [0.29, 0.717) is 0 Å². The molecule has 0 atom stereocenters. The molecule has 0 fully saturated rings. The predicted molar refractivity (Wildman–Crippen MR) is 166 cm³/mol. The molecule has 4 aromatic carbocycles. The molecule has 0 N–H and O–H groups in total. The van der Waals surface area contributed by atoms with E-state index in [1.807, 2.05) is 30.3 Å². The Hall–Kier alpha value is -3.20. The zero-order chi connectivity index (χ0) is 28.8. The van der Waals surface area contributed by atoms with E-state index in [1.165, 1.54) is 33.5 Å². The fraction of sp³-hybridized carbons (Fsp3) is 0.229. The largest absolute Gasteiger partial charge is 1.00 e. The van der Waals surface area contributed by atoms with Crippen molar-refractivity contribution in [2.75, 3.05) is 21.0 Å². The number of ether oxygens (including phenoxy) is 4. The summed E-state index contributed by atoms with van der Waals surface area (Å²) in [5.41, 5.74) is 7.36. The van der Waals surface area contributed by atoms with Gasteiger partial charge >= 0.3 is 0 Å². The fourth-order valence-corrected chi connectivity index (χ4v) is 6.72. The van der Waals surface area contributed by atoms with E-state index in [1.54, 1.807) is 14.2 Å². The number of pyridine rings is 1. The van der Waals surface area contributed by atoms with E-state index >= 15 is 0 Å². The van der Waals surface area contributed by atoms with Gasteiger partial charge in [-0.2, -0.15) is 4.57 Å². The van der Waals surface area contributed by atoms with E-state index < -0.39 is 0 Å². The zero-order valence-corrected chi connectivity index (χ0v) is 27.5. The second-order valence-electron chi connectivity index (χ2n) is 10.7. The topological polar surface area (TPSA) is 40.8 Å². The van der Waals surface area contributed by atoms with Crippen LogP contribution in [0.3, 0.4) is 0 Å². The normalized spacial score (nSPS) is 13.0. The van der Waals surface area contributed by atoms with Crippen LogP contribution in [0.25, 0.3) is 22.0 Å². The molecular formula is C35H30Cl2INO4. The summed E-state index contributed by atoms with van der Waals surface area (Å²) in [5, 5.41) is 3.64. The van der Waals surface area contributed by atoms with Crippen LogP contribution in [0.4, 0.5) is 0 Å². The van der Waals surface area contributed by atoms with Gasteiger partial charge in [-0.1, -0.05) is 47.5 Å². The van der Waals surface area contributed by atoms with Crippen molar-refractivity contribution < 1.29 is 47.5 Å². The monoisotopic (exact) mass is 725 g/mol. The summed E-state index contributed by atoms with van der Waals surface area (Å²) in [7, 11) is 3.38. The Morgan fingerprint density at radius 3 is 2.09 bits per heavy atom. The predicted octanol–water partition coefficient (Wildman–Crippen LogP) is 5.17. The smallest absolute Gasteiger partial charge is 0.231 e. The van der Waals surface area contributed by atoms with Crippen molar-refractivity contribution in [1.82, 2.24) is 0 Å². The van der Waals surface area contributed by atoms with Crippen molar-refractivity contribution in [2.45, 2.75) is 31.7 Å². The van der Waals surface area contributed by atoms with Crippen LogP contribution in [0, 0.1) is 0 Å². The second-order valence-corrected chi connectivity index (χ2v) is 11.6. The Morgan fingerprint density at radius 2 is 1.47 bits per heavy atom. The van der Waals surface area contributed by atoms with E-state index in [4.69, 9.17) is 42.1 Å². The van der Waals surface area contributed by atoms with Gasteiger partial charge in [0.25, 0.3) is 0 Å². The Kier molecular flexibility index (Phi) is 8.63. The third-order valence-electron chi connectivity index (χ3n) is 8.47. The van der Waals surface area contributed by atoms with Gasteiger partial charge in [0.05, 0.1) is 25.2 Å². The first kappa shape index (κ1) is 29.9. The lowest BCUT2D eigenvalue weighted by Gasteiger charge is -2.23. The quantitative estimate of drug-likeness (QED) is 0.172. The van der Waals surface area contributed by atoms with E-state index in [-0.39, 0.29) is 36.7 Å². The average Bonchev–Trinajstić information content (AvgIpc) is 3.48. The Balaban J connectivity index is 0.00000329. The number of aromatic nitrogens is 1. The third-order valence-corrected chi connectivity index (χ3v) is 8.97. The third kappa shape index (κ3) is 5.49. The van der Waals surface area contributed by atoms with E-state index in [0.717, 1.165) is 69.6 Å². The van der Waals surface area contributed by atoms with Crippen LogP contribution in [0.2, 0.25) is 10.0 Å². The number of aryl methyl sites for hydroxylation is 3. The van der Waals surface area contributed by atoms with E-state index in [9.17, 15) is 0 Å². The van der Waals surface area contributed by atoms with Crippen molar-refractivity contribution in [1.29, 1.82) is 0 Å². The molecule has 0 spiro atoms. The molecule has 0 saturated heterocycles. The Labute approximate surface area is 278 Å². The van der Waals surface area contributed by atoms with Crippen LogP contribution in [0.1, 0.15) is 34.6 Å². The standard InChI is InChI=1S/C35H30Cl2NO4.HI/c1-39-31-14-13-27-28(12-11-26(21-3-7-24(36)8-4-21)22-5-9-25(37)10-6-22)34-29-18-33-32(41-20-42-33)17-23(29)15-16-38(34)19-30(27)35(31)40-2;/h3-10,13-14,17-19,26H,11-12,15-16,20H2,1-2H3;1H/q+1;/p-1. The summed E-state index contributed by atoms with van der Waals surface area (Å²) in [4.78, 5) is 0. The van der Waals surface area contributed by atoms with Gasteiger partial charge < -0.3 is 42.9 Å². The highest BCUT2D eigenvalue weighted by Crippen LogP contribution is 2.44. The van der Waals surface area contributed by atoms with Crippen LogP contribution in [0.15, 0.2) is 79.0 Å². The van der Waals surface area contributed by atoms with Gasteiger partial charge in [0.2, 0.25) is 12.5 Å². The summed E-state index contributed by atoms with van der Waals surface area (Å²) in [6, 6.07) is 24.8. The SMILES string of the molecule is COc1ccc2c(CCC(c3ccc(Cl)cc3)c3ccc(Cl)cc3)c3[n+](cc2c1OC)CCc1cc2c(cc1-3)OCO2.[I-]. The van der Waals surface area contributed by atoms with Crippen molar-refractivity contribution in [3.63, 3.8) is 0 Å². The van der Waals surface area contributed by atoms with Gasteiger partial charge in [0, 0.05) is 33.3 Å². The molecule has 5 nitrogen and oxygen atoms in total. The van der Waals surface area contributed by atoms with Crippen molar-refractivity contribution in [2.24, 2.45) is 0 Å². The Bertz CT molecular complexity index is 1760. The molecule has 2 aliphatic rings. The van der Waals surface area contributed by atoms with Crippen molar-refractivity contribution in [3.8, 4) is 34.3 Å². The first-order chi connectivity index (χ1) is 20.5. The number of hydrogen-bond acceptors (Lipinski definition) is 4. The average molecular weight is 726 g/mol. The first-order valence-corrected chi connectivity index (χ1v) is 14.8. The number of methoxy groups -OCH3 is 2. The molecule has 0 saturated carbocycles. The zero-order valence-electron chi connectivity index (χ0n) is 23.8. The molecule has 0 bridgehead atoms. The van der Waals surface area contributed by atoms with Crippen LogP contribution in [0.5, 0.6) is 23.0 Å². The maximum Gasteiger partial charge on any atom is 0.231 e. The van der Waals surface area contributed by atoms with Crippen LogP contribution in [-0.4, -0.2) is 21.0 Å². The second kappa shape index (κ2) is 12.4. The molecule has 2 aliphatic heterocycles. The highest BCUT2D eigenvalue weighted by Gasteiger charge is 2.32. The molecule has 0 unspecified atom stereocenters. The Morgan fingerprint density at radius 1 is 0.814 bits per heavy atom. The van der Waals surface area contributed by atoms with Gasteiger partial charge in [0.15, 0.2) is 35.7 Å². The van der Waals surface area contributed by atoms with Crippen molar-refractivity contribution in [3.05, 3.63) is 111 Å². The molecule has 7 rings (SSSR count). The molecule has 0 radical (unpaired) electrons. The van der Waals surface area contributed by atoms with Gasteiger partial charge in [-0.3, -0.25) is 0 Å². The number of hydrogen-bond donors (Lipinski definition) is 0. The molecule has 5 aromatic rings. The molecule has 43 heavy (non-hydrogen) atoms. The first-order valence-electron chi connectivity index (χ1n) is 14.1. The van der Waals surface area contributed by atoms with Gasteiger partial charge in [0.1, 0.15) is 0 Å². The summed E-state index contributed by atoms with van der Waals surface area (Å²) in [6.45, 7) is 1.10.